The van der Waals surface area contributed by atoms with Crippen molar-refractivity contribution < 1.29 is 9.59 Å². The summed E-state index contributed by atoms with van der Waals surface area (Å²) in [4.78, 5) is 27.8. The number of aromatic nitrogens is 1. The summed E-state index contributed by atoms with van der Waals surface area (Å²) in [6.45, 7) is 0.931. The molecule has 0 aliphatic heterocycles. The summed E-state index contributed by atoms with van der Waals surface area (Å²) in [7, 11) is 0. The first-order chi connectivity index (χ1) is 11.2. The molecule has 6 heteroatoms. The number of nitrogens with zero attached hydrogens (tertiary/aromatic N) is 1. The Hall–Kier alpha value is -2.21. The average Bonchev–Trinajstić information content (AvgIpc) is 3.32. The molecule has 1 heterocycles. The van der Waals surface area contributed by atoms with Gasteiger partial charge < -0.3 is 10.6 Å². The van der Waals surface area contributed by atoms with Crippen LogP contribution in [-0.2, 0) is 16.0 Å². The van der Waals surface area contributed by atoms with Crippen LogP contribution in [0.2, 0.25) is 0 Å². The number of hydrogen-bond donors (Lipinski definition) is 2. The fourth-order valence-corrected chi connectivity index (χ4v) is 3.03. The lowest BCUT2D eigenvalue weighted by atomic mass is 10.2. The molecule has 120 valence electrons. The van der Waals surface area contributed by atoms with Gasteiger partial charge in [-0.05, 0) is 12.8 Å². The number of rotatable bonds is 7. The van der Waals surface area contributed by atoms with Crippen LogP contribution in [0, 0.1) is 5.92 Å². The van der Waals surface area contributed by atoms with Crippen LogP contribution in [0.3, 0.4) is 0 Å². The number of carbonyl (C=O) groups excluding carboxylic acids is 2. The predicted molar refractivity (Wildman–Crippen MR) is 90.0 cm³/mol. The normalized spacial score (nSPS) is 13.6. The highest BCUT2D eigenvalue weighted by atomic mass is 32.1. The van der Waals surface area contributed by atoms with Gasteiger partial charge in [0, 0.05) is 30.0 Å². The molecule has 1 aliphatic rings. The molecule has 0 spiro atoms. The number of benzene rings is 1. The van der Waals surface area contributed by atoms with Gasteiger partial charge in [0.15, 0.2) is 0 Å². The summed E-state index contributed by atoms with van der Waals surface area (Å²) >= 11 is 1.54. The summed E-state index contributed by atoms with van der Waals surface area (Å²) in [5, 5.41) is 8.46. The minimum absolute atomic E-state index is 0.0735. The van der Waals surface area contributed by atoms with E-state index in [1.807, 2.05) is 35.7 Å². The Bertz CT molecular complexity index is 680. The molecule has 1 saturated carbocycles. The van der Waals surface area contributed by atoms with Crippen molar-refractivity contribution in [1.29, 1.82) is 0 Å². The number of amides is 2. The fourth-order valence-electron chi connectivity index (χ4n) is 2.21. The topological polar surface area (TPSA) is 71.1 Å². The van der Waals surface area contributed by atoms with Crippen LogP contribution < -0.4 is 10.6 Å². The predicted octanol–water partition coefficient (Wildman–Crippen LogP) is 1.99. The Morgan fingerprint density at radius 3 is 2.61 bits per heavy atom. The average molecular weight is 329 g/mol. The van der Waals surface area contributed by atoms with Gasteiger partial charge in [-0.15, -0.1) is 11.3 Å². The third-order valence-electron chi connectivity index (χ3n) is 3.61. The Morgan fingerprint density at radius 1 is 1.13 bits per heavy atom. The van der Waals surface area contributed by atoms with Gasteiger partial charge >= 0.3 is 0 Å². The molecule has 1 aromatic carbocycles. The molecule has 2 amide bonds. The number of hydrogen-bond acceptors (Lipinski definition) is 4. The molecule has 1 aliphatic carbocycles. The zero-order chi connectivity index (χ0) is 16.1. The van der Waals surface area contributed by atoms with E-state index >= 15 is 0 Å². The summed E-state index contributed by atoms with van der Waals surface area (Å²) in [6, 6.07) is 9.92. The Kier molecular flexibility index (Phi) is 5.02. The molecule has 1 aromatic heterocycles. The van der Waals surface area contributed by atoms with Gasteiger partial charge in [-0.25, -0.2) is 4.98 Å². The number of thiazole rings is 1. The highest BCUT2D eigenvalue weighted by Crippen LogP contribution is 2.28. The summed E-state index contributed by atoms with van der Waals surface area (Å²) in [5.41, 5.74) is 1.83. The highest BCUT2D eigenvalue weighted by Gasteiger charge is 2.28. The van der Waals surface area contributed by atoms with Gasteiger partial charge in [-0.3, -0.25) is 9.59 Å². The maximum absolute atomic E-state index is 11.9. The smallest absolute Gasteiger partial charge is 0.226 e. The van der Waals surface area contributed by atoms with Crippen LogP contribution in [0.1, 0.15) is 18.5 Å². The van der Waals surface area contributed by atoms with E-state index in [-0.39, 0.29) is 24.2 Å². The van der Waals surface area contributed by atoms with Crippen LogP contribution in [0.5, 0.6) is 0 Å². The van der Waals surface area contributed by atoms with Gasteiger partial charge in [0.25, 0.3) is 0 Å². The van der Waals surface area contributed by atoms with E-state index in [1.54, 1.807) is 0 Å². The van der Waals surface area contributed by atoms with E-state index in [0.717, 1.165) is 29.1 Å². The van der Waals surface area contributed by atoms with E-state index < -0.39 is 0 Å². The molecular formula is C17H19N3O2S. The first-order valence-corrected chi connectivity index (χ1v) is 8.64. The second kappa shape index (κ2) is 7.37. The number of nitrogens with one attached hydrogen (secondary N) is 2. The van der Waals surface area contributed by atoms with Gasteiger partial charge in [-0.2, -0.15) is 0 Å². The Labute approximate surface area is 139 Å². The molecule has 3 rings (SSSR count). The van der Waals surface area contributed by atoms with Crippen molar-refractivity contribution in [2.45, 2.75) is 19.3 Å². The van der Waals surface area contributed by atoms with Crippen molar-refractivity contribution in [1.82, 2.24) is 15.6 Å². The van der Waals surface area contributed by atoms with Gasteiger partial charge in [0.2, 0.25) is 11.8 Å². The second-order valence-corrected chi connectivity index (χ2v) is 6.46. The Balaban J connectivity index is 1.41. The standard InChI is InChI=1S/C17H19N3O2S/c21-15(18-8-9-19-16(22)12-6-7-12)10-14-11-23-17(20-14)13-4-2-1-3-5-13/h1-5,11-12H,6-10H2,(H,18,21)(H,19,22). The first kappa shape index (κ1) is 15.7. The molecule has 0 saturated heterocycles. The highest BCUT2D eigenvalue weighted by molar-refractivity contribution is 7.13. The molecule has 0 atom stereocenters. The summed E-state index contributed by atoms with van der Waals surface area (Å²) in [6.07, 6.45) is 2.25. The van der Waals surface area contributed by atoms with E-state index in [2.05, 4.69) is 15.6 Å². The van der Waals surface area contributed by atoms with Crippen molar-refractivity contribution in [3.63, 3.8) is 0 Å². The molecule has 0 bridgehead atoms. The largest absolute Gasteiger partial charge is 0.354 e. The van der Waals surface area contributed by atoms with Crippen molar-refractivity contribution >= 4 is 23.2 Å². The second-order valence-electron chi connectivity index (χ2n) is 5.60. The lowest BCUT2D eigenvalue weighted by Gasteiger charge is -2.05. The minimum Gasteiger partial charge on any atom is -0.354 e. The van der Waals surface area contributed by atoms with E-state index in [4.69, 9.17) is 0 Å². The van der Waals surface area contributed by atoms with Crippen LogP contribution in [-0.4, -0.2) is 29.9 Å². The zero-order valence-electron chi connectivity index (χ0n) is 12.7. The van der Waals surface area contributed by atoms with Crippen molar-refractivity contribution in [3.8, 4) is 10.6 Å². The maximum atomic E-state index is 11.9. The molecule has 23 heavy (non-hydrogen) atoms. The first-order valence-electron chi connectivity index (χ1n) is 7.76. The quantitative estimate of drug-likeness (QED) is 0.763. The zero-order valence-corrected chi connectivity index (χ0v) is 13.6. The van der Waals surface area contributed by atoms with Gasteiger partial charge in [0.1, 0.15) is 5.01 Å². The lowest BCUT2D eigenvalue weighted by molar-refractivity contribution is -0.123. The van der Waals surface area contributed by atoms with Crippen molar-refractivity contribution in [3.05, 3.63) is 41.4 Å². The lowest BCUT2D eigenvalue weighted by Crippen LogP contribution is -2.35. The van der Waals surface area contributed by atoms with Gasteiger partial charge in [-0.1, -0.05) is 30.3 Å². The fraction of sp³-hybridized carbons (Fsp3) is 0.353. The van der Waals surface area contributed by atoms with E-state index in [1.165, 1.54) is 11.3 Å². The third-order valence-corrected chi connectivity index (χ3v) is 4.55. The van der Waals surface area contributed by atoms with E-state index in [9.17, 15) is 9.59 Å². The summed E-state index contributed by atoms with van der Waals surface area (Å²) in [5.74, 6) is 0.235. The number of carbonyl (C=O) groups is 2. The van der Waals surface area contributed by atoms with E-state index in [0.29, 0.717) is 13.1 Å². The van der Waals surface area contributed by atoms with Gasteiger partial charge in [0.05, 0.1) is 12.1 Å². The molecule has 0 radical (unpaired) electrons. The molecule has 2 N–H and O–H groups in total. The summed E-state index contributed by atoms with van der Waals surface area (Å²) < 4.78 is 0. The van der Waals surface area contributed by atoms with Crippen LogP contribution >= 0.6 is 11.3 Å². The molecule has 1 fully saturated rings. The maximum Gasteiger partial charge on any atom is 0.226 e. The van der Waals surface area contributed by atoms with Crippen LogP contribution in [0.15, 0.2) is 35.7 Å². The molecule has 0 unspecified atom stereocenters. The molecule has 2 aromatic rings. The molecule has 5 nitrogen and oxygen atoms in total. The van der Waals surface area contributed by atoms with Crippen LogP contribution in [0.4, 0.5) is 0 Å². The van der Waals surface area contributed by atoms with Crippen molar-refractivity contribution in [2.75, 3.05) is 13.1 Å². The van der Waals surface area contributed by atoms with Crippen LogP contribution in [0.25, 0.3) is 10.6 Å². The van der Waals surface area contributed by atoms with Crippen molar-refractivity contribution in [2.24, 2.45) is 5.92 Å². The minimum atomic E-state index is -0.0735. The molecular weight excluding hydrogens is 310 g/mol. The Morgan fingerprint density at radius 2 is 1.87 bits per heavy atom. The third kappa shape index (κ3) is 4.63. The monoisotopic (exact) mass is 329 g/mol. The SMILES string of the molecule is O=C(Cc1csc(-c2ccccc2)n1)NCCNC(=O)C1CC1.